The normalized spacial score (nSPS) is 24.8. The maximum atomic E-state index is 11.8. The zero-order valence-electron chi connectivity index (χ0n) is 22.6. The van der Waals surface area contributed by atoms with Crippen molar-refractivity contribution in [1.82, 2.24) is 0 Å². The maximum Gasteiger partial charge on any atom is 0.146 e. The predicted molar refractivity (Wildman–Crippen MR) is 135 cm³/mol. The molecule has 35 heavy (non-hydrogen) atoms. The summed E-state index contributed by atoms with van der Waals surface area (Å²) in [4.78, 5) is 11.8. The molecule has 0 aromatic heterocycles. The Bertz CT molecular complexity index is 710. The topological polar surface area (TPSA) is 72.5 Å². The average molecular weight is 495 g/mol. The number of benzene rings is 1. The molecular weight excluding hydrogens is 448 g/mol. The third-order valence-electron chi connectivity index (χ3n) is 7.13. The number of rotatable bonds is 16. The van der Waals surface area contributed by atoms with Gasteiger partial charge in [-0.15, -0.1) is 0 Å². The van der Waals surface area contributed by atoms with E-state index in [0.717, 1.165) is 43.3 Å². The molecule has 0 saturated carbocycles. The first-order chi connectivity index (χ1) is 16.8. The fraction of sp³-hybridized carbons (Fsp3) is 0.750. The third kappa shape index (κ3) is 9.47. The first kappa shape index (κ1) is 29.7. The molecule has 200 valence electrons. The van der Waals surface area contributed by atoms with E-state index < -0.39 is 0 Å². The van der Waals surface area contributed by atoms with Gasteiger partial charge in [0.15, 0.2) is 0 Å². The lowest BCUT2D eigenvalue weighted by molar-refractivity contribution is -0.149. The summed E-state index contributed by atoms with van der Waals surface area (Å²) in [5.41, 5.74) is 1.03. The molecule has 7 heteroatoms. The molecule has 1 aromatic carbocycles. The zero-order valence-corrected chi connectivity index (χ0v) is 22.6. The van der Waals surface area contributed by atoms with Crippen LogP contribution in [0.5, 0.6) is 5.75 Å². The zero-order chi connectivity index (χ0) is 25.8. The Morgan fingerprint density at radius 1 is 1.03 bits per heavy atom. The van der Waals surface area contributed by atoms with Crippen LogP contribution in [0.4, 0.5) is 0 Å². The molecule has 1 fully saturated rings. The Kier molecular flexibility index (Phi) is 13.2. The lowest BCUT2D eigenvalue weighted by atomic mass is 9.82. The van der Waals surface area contributed by atoms with Crippen molar-refractivity contribution in [3.05, 3.63) is 29.8 Å². The van der Waals surface area contributed by atoms with Crippen molar-refractivity contribution < 1.29 is 33.2 Å². The van der Waals surface area contributed by atoms with E-state index in [1.165, 1.54) is 0 Å². The second-order valence-electron chi connectivity index (χ2n) is 9.97. The Balaban J connectivity index is 2.05. The second-order valence-corrected chi connectivity index (χ2v) is 9.97. The van der Waals surface area contributed by atoms with Gasteiger partial charge >= 0.3 is 0 Å². The molecular formula is C28H46O7. The molecule has 0 radical (unpaired) electrons. The predicted octanol–water partition coefficient (Wildman–Crippen LogP) is 5.04. The molecule has 0 N–H and O–H groups in total. The molecule has 0 spiro atoms. The van der Waals surface area contributed by atoms with Crippen LogP contribution in [0.2, 0.25) is 0 Å². The van der Waals surface area contributed by atoms with E-state index in [0.29, 0.717) is 6.61 Å². The first-order valence-electron chi connectivity index (χ1n) is 12.8. The molecule has 0 aliphatic carbocycles. The summed E-state index contributed by atoms with van der Waals surface area (Å²) >= 11 is 0. The number of hydrogen-bond acceptors (Lipinski definition) is 7. The molecule has 0 amide bonds. The van der Waals surface area contributed by atoms with Gasteiger partial charge in [0.2, 0.25) is 0 Å². The lowest BCUT2D eigenvalue weighted by Gasteiger charge is -2.37. The molecule has 8 atom stereocenters. The first-order valence-corrected chi connectivity index (χ1v) is 12.8. The van der Waals surface area contributed by atoms with Crippen LogP contribution >= 0.6 is 0 Å². The van der Waals surface area contributed by atoms with E-state index in [1.807, 2.05) is 31.2 Å². The number of carbonyl (C=O) groups excluding carboxylic acids is 1. The fourth-order valence-corrected chi connectivity index (χ4v) is 5.13. The van der Waals surface area contributed by atoms with Crippen molar-refractivity contribution in [1.29, 1.82) is 0 Å². The van der Waals surface area contributed by atoms with E-state index in [4.69, 9.17) is 28.4 Å². The largest absolute Gasteiger partial charge is 0.497 e. The fourth-order valence-electron chi connectivity index (χ4n) is 5.13. The number of methoxy groups -OCH3 is 3. The third-order valence-corrected chi connectivity index (χ3v) is 7.13. The van der Waals surface area contributed by atoms with Gasteiger partial charge in [-0.2, -0.15) is 0 Å². The van der Waals surface area contributed by atoms with Crippen molar-refractivity contribution in [2.24, 2.45) is 17.8 Å². The molecule has 1 aliphatic heterocycles. The Hall–Kier alpha value is -1.51. The van der Waals surface area contributed by atoms with Crippen LogP contribution in [0.1, 0.15) is 58.9 Å². The van der Waals surface area contributed by atoms with Gasteiger partial charge in [0, 0.05) is 26.1 Å². The van der Waals surface area contributed by atoms with Crippen molar-refractivity contribution in [2.45, 2.75) is 90.5 Å². The molecule has 1 aromatic rings. The van der Waals surface area contributed by atoms with Gasteiger partial charge in [0.05, 0.1) is 44.2 Å². The monoisotopic (exact) mass is 494 g/mol. The SMILES string of the molecule is COCO[C@H]([C@H](C)[C@@H](OCc1ccc(OC)cc1)[C@@H](C)C=O)[C@@H](C)CC[C@H]1C[C@H](OC)C[C@H](C)O1. The minimum absolute atomic E-state index is 0.0171. The quantitative estimate of drug-likeness (QED) is 0.235. The highest BCUT2D eigenvalue weighted by molar-refractivity contribution is 5.53. The van der Waals surface area contributed by atoms with Crippen LogP contribution in [-0.4, -0.2) is 64.9 Å². The van der Waals surface area contributed by atoms with E-state index in [2.05, 4.69) is 20.8 Å². The maximum absolute atomic E-state index is 11.8. The number of hydrogen-bond donors (Lipinski definition) is 0. The minimum Gasteiger partial charge on any atom is -0.497 e. The van der Waals surface area contributed by atoms with Crippen LogP contribution in [-0.2, 0) is 35.1 Å². The van der Waals surface area contributed by atoms with Gasteiger partial charge in [0.1, 0.15) is 18.8 Å². The highest BCUT2D eigenvalue weighted by Crippen LogP contribution is 2.31. The van der Waals surface area contributed by atoms with Gasteiger partial charge in [-0.25, -0.2) is 0 Å². The van der Waals surface area contributed by atoms with Crippen molar-refractivity contribution in [3.8, 4) is 5.75 Å². The number of carbonyl (C=O) groups is 1. The lowest BCUT2D eigenvalue weighted by Crippen LogP contribution is -2.42. The molecule has 2 rings (SSSR count). The smallest absolute Gasteiger partial charge is 0.146 e. The minimum atomic E-state index is -0.289. The van der Waals surface area contributed by atoms with Gasteiger partial charge in [0.25, 0.3) is 0 Å². The standard InChI is InChI=1S/C28H46O7/c1-19(8-11-25-15-26(32-7)14-21(3)35-25)27(34-18-30-5)22(4)28(20(2)16-29)33-17-23-9-12-24(31-6)13-10-23/h9-10,12-13,16,19-22,25-28H,8,11,14-15,17-18H2,1-7H3/t19-,20-,21-,22-,25-,26+,27-,28-/m0/s1. The molecule has 7 nitrogen and oxygen atoms in total. The second kappa shape index (κ2) is 15.6. The van der Waals surface area contributed by atoms with Crippen LogP contribution < -0.4 is 4.74 Å². The summed E-state index contributed by atoms with van der Waals surface area (Å²) in [6.45, 7) is 8.93. The molecule has 1 aliphatic rings. The van der Waals surface area contributed by atoms with E-state index in [-0.39, 0.29) is 55.1 Å². The van der Waals surface area contributed by atoms with Crippen molar-refractivity contribution in [3.63, 3.8) is 0 Å². The van der Waals surface area contributed by atoms with Gasteiger partial charge in [-0.05, 0) is 56.2 Å². The van der Waals surface area contributed by atoms with Crippen LogP contribution in [0.25, 0.3) is 0 Å². The molecule has 0 unspecified atom stereocenters. The highest BCUT2D eigenvalue weighted by Gasteiger charge is 2.35. The highest BCUT2D eigenvalue weighted by atomic mass is 16.7. The summed E-state index contributed by atoms with van der Waals surface area (Å²) < 4.78 is 34.8. The van der Waals surface area contributed by atoms with Crippen LogP contribution in [0, 0.1) is 17.8 Å². The summed E-state index contributed by atoms with van der Waals surface area (Å²) in [6.07, 6.45) is 4.92. The summed E-state index contributed by atoms with van der Waals surface area (Å²) in [6, 6.07) is 7.78. The number of aldehydes is 1. The summed E-state index contributed by atoms with van der Waals surface area (Å²) in [5.74, 6) is 0.744. The molecule has 1 saturated heterocycles. The average Bonchev–Trinajstić information content (AvgIpc) is 2.87. The van der Waals surface area contributed by atoms with Crippen LogP contribution in [0.3, 0.4) is 0 Å². The van der Waals surface area contributed by atoms with E-state index >= 15 is 0 Å². The van der Waals surface area contributed by atoms with Crippen LogP contribution in [0.15, 0.2) is 24.3 Å². The van der Waals surface area contributed by atoms with E-state index in [9.17, 15) is 4.79 Å². The van der Waals surface area contributed by atoms with Crippen molar-refractivity contribution >= 4 is 6.29 Å². The summed E-state index contributed by atoms with van der Waals surface area (Å²) in [7, 11) is 5.05. The van der Waals surface area contributed by atoms with Gasteiger partial charge < -0.3 is 33.2 Å². The van der Waals surface area contributed by atoms with E-state index in [1.54, 1.807) is 21.3 Å². The Morgan fingerprint density at radius 3 is 2.34 bits per heavy atom. The Morgan fingerprint density at radius 2 is 1.74 bits per heavy atom. The molecule has 0 bridgehead atoms. The number of ether oxygens (including phenoxy) is 6. The van der Waals surface area contributed by atoms with Crippen molar-refractivity contribution in [2.75, 3.05) is 28.1 Å². The van der Waals surface area contributed by atoms with Gasteiger partial charge in [-0.1, -0.05) is 32.9 Å². The molecule has 1 heterocycles. The summed E-state index contributed by atoms with van der Waals surface area (Å²) in [5, 5.41) is 0. The van der Waals surface area contributed by atoms with Gasteiger partial charge in [-0.3, -0.25) is 0 Å². The Labute approximate surface area is 211 Å².